The van der Waals surface area contributed by atoms with Gasteiger partial charge in [0.15, 0.2) is 6.23 Å². The smallest absolute Gasteiger partial charge is 0.354 e. The van der Waals surface area contributed by atoms with Gasteiger partial charge in [-0.25, -0.2) is 9.79 Å². The van der Waals surface area contributed by atoms with Gasteiger partial charge in [-0.1, -0.05) is 13.8 Å². The first-order valence-corrected chi connectivity index (χ1v) is 4.90. The second-order valence-electron chi connectivity index (χ2n) is 3.64. The summed E-state index contributed by atoms with van der Waals surface area (Å²) in [5.74, 6) is -0.639. The van der Waals surface area contributed by atoms with Gasteiger partial charge in [0, 0.05) is 12.3 Å². The van der Waals surface area contributed by atoms with Crippen molar-refractivity contribution < 1.29 is 19.1 Å². The van der Waals surface area contributed by atoms with Crippen LogP contribution in [0, 0.1) is 5.92 Å². The number of cyclic esters (lactones) is 1. The van der Waals surface area contributed by atoms with Gasteiger partial charge < -0.3 is 9.47 Å². The number of carbonyl (C=O) groups excluding carboxylic acids is 2. The SMILES string of the molecule is COC(=O)CCC1N=C(C(C)C)C(=O)O1. The van der Waals surface area contributed by atoms with E-state index in [9.17, 15) is 9.59 Å². The number of hydrogen-bond acceptors (Lipinski definition) is 5. The lowest BCUT2D eigenvalue weighted by atomic mass is 10.1. The van der Waals surface area contributed by atoms with Gasteiger partial charge in [0.2, 0.25) is 0 Å². The minimum absolute atomic E-state index is 0.0561. The Kier molecular flexibility index (Phi) is 3.82. The largest absolute Gasteiger partial charge is 0.469 e. The van der Waals surface area contributed by atoms with E-state index < -0.39 is 6.23 Å². The van der Waals surface area contributed by atoms with Crippen LogP contribution in [0.25, 0.3) is 0 Å². The van der Waals surface area contributed by atoms with E-state index in [4.69, 9.17) is 4.74 Å². The van der Waals surface area contributed by atoms with Gasteiger partial charge in [0.05, 0.1) is 13.5 Å². The molecule has 1 heterocycles. The third kappa shape index (κ3) is 3.04. The van der Waals surface area contributed by atoms with Crippen molar-refractivity contribution in [3.8, 4) is 0 Å². The Morgan fingerprint density at radius 3 is 2.73 bits per heavy atom. The highest BCUT2D eigenvalue weighted by Gasteiger charge is 2.29. The maximum Gasteiger partial charge on any atom is 0.354 e. The molecule has 84 valence electrons. The Labute approximate surface area is 88.5 Å². The summed E-state index contributed by atoms with van der Waals surface area (Å²) in [4.78, 5) is 26.2. The number of carbonyl (C=O) groups is 2. The second-order valence-corrected chi connectivity index (χ2v) is 3.64. The van der Waals surface area contributed by atoms with Crippen LogP contribution >= 0.6 is 0 Å². The molecule has 5 heteroatoms. The van der Waals surface area contributed by atoms with Crippen molar-refractivity contribution >= 4 is 17.7 Å². The summed E-state index contributed by atoms with van der Waals surface area (Å²) in [5.41, 5.74) is 0.449. The molecule has 0 aromatic heterocycles. The summed E-state index contributed by atoms with van der Waals surface area (Å²) in [6.07, 6.45) is 0.0757. The van der Waals surface area contributed by atoms with Gasteiger partial charge in [-0.05, 0) is 0 Å². The Bertz CT molecular complexity index is 296. The minimum atomic E-state index is -0.519. The average molecular weight is 213 g/mol. The van der Waals surface area contributed by atoms with E-state index >= 15 is 0 Å². The van der Waals surface area contributed by atoms with Crippen LogP contribution < -0.4 is 0 Å². The molecular formula is C10H15NO4. The van der Waals surface area contributed by atoms with E-state index in [0.717, 1.165) is 0 Å². The second kappa shape index (κ2) is 4.91. The topological polar surface area (TPSA) is 65.0 Å². The fourth-order valence-electron chi connectivity index (χ4n) is 1.27. The maximum atomic E-state index is 11.3. The molecule has 0 aliphatic carbocycles. The van der Waals surface area contributed by atoms with E-state index in [-0.39, 0.29) is 24.3 Å². The van der Waals surface area contributed by atoms with Crippen LogP contribution in [0.2, 0.25) is 0 Å². The standard InChI is InChI=1S/C10H15NO4/c1-6(2)9-10(13)15-7(11-9)4-5-8(12)14-3/h6-7H,4-5H2,1-3H3. The number of nitrogens with zero attached hydrogens (tertiary/aromatic N) is 1. The molecule has 0 aromatic carbocycles. The van der Waals surface area contributed by atoms with Crippen molar-refractivity contribution in [3.05, 3.63) is 0 Å². The lowest BCUT2D eigenvalue weighted by Crippen LogP contribution is -2.17. The van der Waals surface area contributed by atoms with Crippen molar-refractivity contribution in [2.45, 2.75) is 32.9 Å². The Morgan fingerprint density at radius 2 is 2.27 bits per heavy atom. The molecular weight excluding hydrogens is 198 g/mol. The van der Waals surface area contributed by atoms with Gasteiger partial charge in [-0.2, -0.15) is 0 Å². The fourth-order valence-corrected chi connectivity index (χ4v) is 1.27. The minimum Gasteiger partial charge on any atom is -0.469 e. The molecule has 0 fully saturated rings. The van der Waals surface area contributed by atoms with Gasteiger partial charge >= 0.3 is 11.9 Å². The monoisotopic (exact) mass is 213 g/mol. The van der Waals surface area contributed by atoms with Crippen LogP contribution in [0.1, 0.15) is 26.7 Å². The molecule has 1 rings (SSSR count). The summed E-state index contributed by atoms with van der Waals surface area (Å²) in [6, 6.07) is 0. The number of hydrogen-bond donors (Lipinski definition) is 0. The zero-order valence-corrected chi connectivity index (χ0v) is 9.15. The number of rotatable bonds is 4. The predicted molar refractivity (Wildman–Crippen MR) is 53.4 cm³/mol. The number of esters is 2. The Morgan fingerprint density at radius 1 is 1.60 bits per heavy atom. The first kappa shape index (κ1) is 11.7. The summed E-state index contributed by atoms with van der Waals surface area (Å²) >= 11 is 0. The van der Waals surface area contributed by atoms with E-state index in [2.05, 4.69) is 9.73 Å². The van der Waals surface area contributed by atoms with Gasteiger partial charge in [-0.3, -0.25) is 4.79 Å². The third-order valence-corrected chi connectivity index (χ3v) is 2.11. The average Bonchev–Trinajstić information content (AvgIpc) is 2.56. The third-order valence-electron chi connectivity index (χ3n) is 2.11. The molecule has 1 atom stereocenters. The molecule has 0 radical (unpaired) electrons. The number of aliphatic imine (C=N–C) groups is 1. The highest BCUT2D eigenvalue weighted by atomic mass is 16.6. The van der Waals surface area contributed by atoms with Crippen LogP contribution in [-0.4, -0.2) is 31.0 Å². The molecule has 0 saturated carbocycles. The predicted octanol–water partition coefficient (Wildman–Crippen LogP) is 0.919. The van der Waals surface area contributed by atoms with Crippen LogP contribution in [0.15, 0.2) is 4.99 Å². The first-order valence-electron chi connectivity index (χ1n) is 4.90. The fraction of sp³-hybridized carbons (Fsp3) is 0.700. The molecule has 1 aliphatic rings. The van der Waals surface area contributed by atoms with E-state index in [0.29, 0.717) is 12.1 Å². The zero-order chi connectivity index (χ0) is 11.4. The van der Waals surface area contributed by atoms with Crippen LogP contribution in [0.5, 0.6) is 0 Å². The molecule has 0 amide bonds. The highest BCUT2D eigenvalue weighted by molar-refractivity contribution is 6.38. The molecule has 0 N–H and O–H groups in total. The van der Waals surface area contributed by atoms with Crippen molar-refractivity contribution in [2.24, 2.45) is 10.9 Å². The van der Waals surface area contributed by atoms with Crippen LogP contribution in [0.4, 0.5) is 0 Å². The summed E-state index contributed by atoms with van der Waals surface area (Å²) in [5, 5.41) is 0. The van der Waals surface area contributed by atoms with Crippen molar-refractivity contribution in [1.82, 2.24) is 0 Å². The lowest BCUT2D eigenvalue weighted by Gasteiger charge is -2.04. The molecule has 1 aliphatic heterocycles. The molecule has 0 saturated heterocycles. The molecule has 0 spiro atoms. The molecule has 1 unspecified atom stereocenters. The van der Waals surface area contributed by atoms with Gasteiger partial charge in [-0.15, -0.1) is 0 Å². The van der Waals surface area contributed by atoms with E-state index in [1.54, 1.807) is 0 Å². The number of methoxy groups -OCH3 is 1. The van der Waals surface area contributed by atoms with Crippen LogP contribution in [0.3, 0.4) is 0 Å². The summed E-state index contributed by atoms with van der Waals surface area (Å²) in [6.45, 7) is 3.76. The highest BCUT2D eigenvalue weighted by Crippen LogP contribution is 2.16. The Balaban J connectivity index is 2.47. The van der Waals surface area contributed by atoms with E-state index in [1.807, 2.05) is 13.8 Å². The lowest BCUT2D eigenvalue weighted by molar-refractivity contribution is -0.144. The molecule has 15 heavy (non-hydrogen) atoms. The summed E-state index contributed by atoms with van der Waals surface area (Å²) < 4.78 is 9.46. The maximum absolute atomic E-state index is 11.3. The molecule has 5 nitrogen and oxygen atoms in total. The van der Waals surface area contributed by atoms with Crippen LogP contribution in [-0.2, 0) is 19.1 Å². The van der Waals surface area contributed by atoms with Crippen molar-refractivity contribution in [3.63, 3.8) is 0 Å². The van der Waals surface area contributed by atoms with Crippen molar-refractivity contribution in [2.75, 3.05) is 7.11 Å². The zero-order valence-electron chi connectivity index (χ0n) is 9.15. The summed E-state index contributed by atoms with van der Waals surface area (Å²) in [7, 11) is 1.33. The molecule has 0 bridgehead atoms. The Hall–Kier alpha value is -1.39. The molecule has 0 aromatic rings. The van der Waals surface area contributed by atoms with Gasteiger partial charge in [0.25, 0.3) is 0 Å². The number of ether oxygens (including phenoxy) is 2. The quantitative estimate of drug-likeness (QED) is 0.651. The first-order chi connectivity index (χ1) is 7.04. The van der Waals surface area contributed by atoms with E-state index in [1.165, 1.54) is 7.11 Å². The van der Waals surface area contributed by atoms with Gasteiger partial charge in [0.1, 0.15) is 5.71 Å². The van der Waals surface area contributed by atoms with Crippen molar-refractivity contribution in [1.29, 1.82) is 0 Å². The normalized spacial score (nSPS) is 20.1.